The van der Waals surface area contributed by atoms with E-state index in [9.17, 15) is 0 Å². The Kier molecular flexibility index (Phi) is 3.38. The van der Waals surface area contributed by atoms with Crippen molar-refractivity contribution in [2.45, 2.75) is 45.6 Å². The van der Waals surface area contributed by atoms with Gasteiger partial charge in [0, 0.05) is 18.7 Å². The lowest BCUT2D eigenvalue weighted by Crippen LogP contribution is -2.45. The van der Waals surface area contributed by atoms with Gasteiger partial charge in [0.15, 0.2) is 0 Å². The van der Waals surface area contributed by atoms with E-state index in [1.54, 1.807) is 0 Å². The summed E-state index contributed by atoms with van der Waals surface area (Å²) in [6, 6.07) is 6.74. The highest BCUT2D eigenvalue weighted by Crippen LogP contribution is 2.30. The number of imidazole rings is 1. The van der Waals surface area contributed by atoms with Crippen molar-refractivity contribution in [3.63, 3.8) is 0 Å². The van der Waals surface area contributed by atoms with Gasteiger partial charge >= 0.3 is 0 Å². The first-order chi connectivity index (χ1) is 9.58. The lowest BCUT2D eigenvalue weighted by molar-refractivity contribution is 0.314. The van der Waals surface area contributed by atoms with Gasteiger partial charge in [-0.05, 0) is 44.7 Å². The zero-order chi connectivity index (χ0) is 14.2. The molecule has 0 bridgehead atoms. The van der Waals surface area contributed by atoms with E-state index in [1.807, 2.05) is 6.33 Å². The minimum Gasteiger partial charge on any atom is -0.348 e. The number of hydrogen-bond donors (Lipinski definition) is 2. The van der Waals surface area contributed by atoms with Gasteiger partial charge in [0.05, 0.1) is 17.6 Å². The van der Waals surface area contributed by atoms with Gasteiger partial charge in [-0.1, -0.05) is 23.8 Å². The van der Waals surface area contributed by atoms with E-state index in [0.29, 0.717) is 0 Å². The lowest BCUT2D eigenvalue weighted by atomic mass is 9.85. The van der Waals surface area contributed by atoms with Gasteiger partial charge in [0.25, 0.3) is 0 Å². The summed E-state index contributed by atoms with van der Waals surface area (Å²) in [7, 11) is 0. The van der Waals surface area contributed by atoms with Gasteiger partial charge in [-0.25, -0.2) is 4.98 Å². The van der Waals surface area contributed by atoms with Gasteiger partial charge < -0.3 is 10.3 Å². The molecule has 1 atom stereocenters. The smallest absolute Gasteiger partial charge is 0.0926 e. The van der Waals surface area contributed by atoms with E-state index in [0.717, 1.165) is 25.8 Å². The Bertz CT molecular complexity index is 614. The van der Waals surface area contributed by atoms with E-state index in [2.05, 4.69) is 54.3 Å². The predicted octanol–water partition coefficient (Wildman–Crippen LogP) is 3.02. The topological polar surface area (TPSA) is 40.7 Å². The highest BCUT2D eigenvalue weighted by molar-refractivity contribution is 5.31. The van der Waals surface area contributed by atoms with Crippen molar-refractivity contribution in [2.24, 2.45) is 0 Å². The highest BCUT2D eigenvalue weighted by Gasteiger charge is 2.33. The molecule has 2 N–H and O–H groups in total. The van der Waals surface area contributed by atoms with Gasteiger partial charge in [0.2, 0.25) is 0 Å². The molecule has 1 aliphatic heterocycles. The molecule has 0 saturated heterocycles. The third kappa shape index (κ3) is 2.38. The second-order valence-electron chi connectivity index (χ2n) is 6.17. The van der Waals surface area contributed by atoms with Gasteiger partial charge in [0.1, 0.15) is 0 Å². The van der Waals surface area contributed by atoms with E-state index >= 15 is 0 Å². The Balaban J connectivity index is 1.79. The maximum atomic E-state index is 4.54. The molecule has 0 spiro atoms. The Hall–Kier alpha value is -1.61. The monoisotopic (exact) mass is 269 g/mol. The third-order valence-corrected chi connectivity index (χ3v) is 4.52. The number of nitrogens with one attached hydrogen (secondary N) is 2. The average Bonchev–Trinajstić information content (AvgIpc) is 2.88. The second-order valence-corrected chi connectivity index (χ2v) is 6.17. The first kappa shape index (κ1) is 13.4. The van der Waals surface area contributed by atoms with Crippen LogP contribution in [0.5, 0.6) is 0 Å². The summed E-state index contributed by atoms with van der Waals surface area (Å²) in [6.07, 6.45) is 5.04. The molecule has 1 unspecified atom stereocenters. The summed E-state index contributed by atoms with van der Waals surface area (Å²) in [6.45, 7) is 7.66. The Morgan fingerprint density at radius 1 is 1.30 bits per heavy atom. The van der Waals surface area contributed by atoms with Crippen molar-refractivity contribution in [3.8, 4) is 0 Å². The molecule has 1 aliphatic rings. The van der Waals surface area contributed by atoms with Crippen LogP contribution in [0.4, 0.5) is 0 Å². The maximum Gasteiger partial charge on any atom is 0.0926 e. The Morgan fingerprint density at radius 3 is 2.95 bits per heavy atom. The van der Waals surface area contributed by atoms with Crippen LogP contribution in [0.15, 0.2) is 24.5 Å². The fourth-order valence-electron chi connectivity index (χ4n) is 3.25. The molecule has 20 heavy (non-hydrogen) atoms. The quantitative estimate of drug-likeness (QED) is 0.899. The largest absolute Gasteiger partial charge is 0.348 e. The molecule has 0 amide bonds. The van der Waals surface area contributed by atoms with E-state index in [4.69, 9.17) is 0 Å². The summed E-state index contributed by atoms with van der Waals surface area (Å²) in [5.74, 6) is 0. The second kappa shape index (κ2) is 5.06. The molecule has 2 heterocycles. The summed E-state index contributed by atoms with van der Waals surface area (Å²) in [5, 5.41) is 3.66. The molecular formula is C17H23N3. The van der Waals surface area contributed by atoms with Crippen molar-refractivity contribution in [2.75, 3.05) is 6.54 Å². The van der Waals surface area contributed by atoms with E-state index < -0.39 is 0 Å². The van der Waals surface area contributed by atoms with Crippen LogP contribution in [0.3, 0.4) is 0 Å². The number of aromatic amines is 1. The van der Waals surface area contributed by atoms with Crippen molar-refractivity contribution in [3.05, 3.63) is 52.6 Å². The molecule has 3 rings (SSSR count). The molecule has 0 aliphatic carbocycles. The third-order valence-electron chi connectivity index (χ3n) is 4.52. The fourth-order valence-corrected chi connectivity index (χ4v) is 3.25. The van der Waals surface area contributed by atoms with Crippen LogP contribution in [0.1, 0.15) is 41.4 Å². The zero-order valence-electron chi connectivity index (χ0n) is 12.6. The molecule has 0 saturated carbocycles. The van der Waals surface area contributed by atoms with Crippen LogP contribution < -0.4 is 5.32 Å². The molecule has 1 aromatic heterocycles. The fraction of sp³-hybridized carbons (Fsp3) is 0.471. The van der Waals surface area contributed by atoms with Gasteiger partial charge in [-0.3, -0.25) is 0 Å². The minimum absolute atomic E-state index is 0.00902. The highest BCUT2D eigenvalue weighted by atomic mass is 15.1. The average molecular weight is 269 g/mol. The molecule has 106 valence electrons. The number of H-pyrrole nitrogens is 1. The Labute approximate surface area is 120 Å². The van der Waals surface area contributed by atoms with E-state index in [1.165, 1.54) is 28.1 Å². The first-order valence-electron chi connectivity index (χ1n) is 7.42. The van der Waals surface area contributed by atoms with Crippen molar-refractivity contribution in [1.29, 1.82) is 0 Å². The lowest BCUT2D eigenvalue weighted by Gasteiger charge is -2.34. The van der Waals surface area contributed by atoms with Crippen LogP contribution in [0.2, 0.25) is 0 Å². The van der Waals surface area contributed by atoms with Crippen LogP contribution in [-0.4, -0.2) is 16.5 Å². The molecule has 0 radical (unpaired) electrons. The van der Waals surface area contributed by atoms with E-state index in [-0.39, 0.29) is 5.54 Å². The normalized spacial score (nSPS) is 21.8. The van der Waals surface area contributed by atoms with Gasteiger partial charge in [-0.15, -0.1) is 0 Å². The van der Waals surface area contributed by atoms with Crippen LogP contribution >= 0.6 is 0 Å². The summed E-state index contributed by atoms with van der Waals surface area (Å²) in [4.78, 5) is 7.82. The number of nitrogens with zero attached hydrogens (tertiary/aromatic N) is 1. The number of hydrogen-bond acceptors (Lipinski definition) is 2. The number of aromatic nitrogens is 2. The van der Waals surface area contributed by atoms with Crippen LogP contribution in [0.25, 0.3) is 0 Å². The zero-order valence-corrected chi connectivity index (χ0v) is 12.6. The molecular weight excluding hydrogens is 246 g/mol. The maximum absolute atomic E-state index is 4.54. The van der Waals surface area contributed by atoms with Crippen LogP contribution in [0, 0.1) is 13.8 Å². The molecule has 3 heteroatoms. The molecule has 2 aromatic rings. The van der Waals surface area contributed by atoms with Crippen molar-refractivity contribution >= 4 is 0 Å². The van der Waals surface area contributed by atoms with Crippen molar-refractivity contribution < 1.29 is 0 Å². The summed E-state index contributed by atoms with van der Waals surface area (Å²) in [5.41, 5.74) is 6.67. The van der Waals surface area contributed by atoms with Gasteiger partial charge in [-0.2, -0.15) is 0 Å². The minimum atomic E-state index is -0.00902. The molecule has 1 aromatic carbocycles. The SMILES string of the molecule is Cc1ccc(CCC2(C)NCCc3[nH]cnc32)c(C)c1. The number of aryl methyl sites for hydroxylation is 3. The summed E-state index contributed by atoms with van der Waals surface area (Å²) < 4.78 is 0. The number of benzene rings is 1. The molecule has 3 nitrogen and oxygen atoms in total. The predicted molar refractivity (Wildman–Crippen MR) is 81.9 cm³/mol. The van der Waals surface area contributed by atoms with Crippen LogP contribution in [-0.2, 0) is 18.4 Å². The first-order valence-corrected chi connectivity index (χ1v) is 7.42. The Morgan fingerprint density at radius 2 is 2.15 bits per heavy atom. The van der Waals surface area contributed by atoms with Crippen molar-refractivity contribution in [1.82, 2.24) is 15.3 Å². The summed E-state index contributed by atoms with van der Waals surface area (Å²) >= 11 is 0. The standard InChI is InChI=1S/C17H23N3/c1-12-4-5-14(13(2)10-12)6-8-17(3)16-15(7-9-20-17)18-11-19-16/h4-5,10-11,20H,6-9H2,1-3H3,(H,18,19). The molecule has 0 fully saturated rings. The number of fused-ring (bicyclic) bond motifs is 1. The number of rotatable bonds is 3.